The van der Waals surface area contributed by atoms with Gasteiger partial charge in [-0.2, -0.15) is 0 Å². The number of thiazole rings is 1. The maximum atomic E-state index is 12.9. The van der Waals surface area contributed by atoms with Crippen molar-refractivity contribution in [1.82, 2.24) is 19.9 Å². The second-order valence-corrected chi connectivity index (χ2v) is 8.27. The number of aromatic nitrogens is 3. The van der Waals surface area contributed by atoms with E-state index in [4.69, 9.17) is 4.74 Å². The van der Waals surface area contributed by atoms with Crippen molar-refractivity contribution in [2.45, 2.75) is 38.9 Å². The van der Waals surface area contributed by atoms with Gasteiger partial charge in [-0.1, -0.05) is 41.7 Å². The highest BCUT2D eigenvalue weighted by atomic mass is 32.1. The molecule has 9 heteroatoms. The molecule has 1 N–H and O–H groups in total. The molecule has 0 saturated carbocycles. The molecule has 1 aliphatic rings. The second-order valence-electron chi connectivity index (χ2n) is 7.31. The molecule has 30 heavy (non-hydrogen) atoms. The van der Waals surface area contributed by atoms with Crippen LogP contribution in [0.5, 0.6) is 0 Å². The molecule has 0 unspecified atom stereocenters. The number of carbonyl (C=O) groups excluding carboxylic acids is 1. The van der Waals surface area contributed by atoms with Crippen LogP contribution in [-0.2, 0) is 22.6 Å². The third-order valence-electron chi connectivity index (χ3n) is 5.33. The fourth-order valence-corrected chi connectivity index (χ4v) is 4.79. The lowest BCUT2D eigenvalue weighted by Crippen LogP contribution is -2.43. The molecule has 8 nitrogen and oxygen atoms in total. The first-order chi connectivity index (χ1) is 14.6. The molecule has 4 rings (SSSR count). The topological polar surface area (TPSA) is 89.3 Å². The number of hydrogen-bond acceptors (Lipinski definition) is 7. The van der Waals surface area contributed by atoms with E-state index in [1.54, 1.807) is 11.7 Å². The number of rotatable bonds is 7. The van der Waals surface area contributed by atoms with Crippen LogP contribution in [0.4, 0.5) is 5.13 Å². The lowest BCUT2D eigenvalue weighted by molar-refractivity contribution is -0.122. The highest BCUT2D eigenvalue weighted by molar-refractivity contribution is 7.21. The Labute approximate surface area is 178 Å². The number of nitrogens with one attached hydrogen (secondary N) is 1. The average molecular weight is 428 g/mol. The zero-order valence-corrected chi connectivity index (χ0v) is 17.9. The van der Waals surface area contributed by atoms with Gasteiger partial charge < -0.3 is 15.0 Å². The molecule has 0 radical (unpaired) electrons. The van der Waals surface area contributed by atoms with Gasteiger partial charge >= 0.3 is 0 Å². The summed E-state index contributed by atoms with van der Waals surface area (Å²) < 4.78 is 6.68. The van der Waals surface area contributed by atoms with Gasteiger partial charge in [0.25, 0.3) is 5.56 Å². The number of nitrogens with zero attached hydrogens (tertiary/aromatic N) is 4. The number of hydrogen-bond donors (Lipinski definition) is 1. The van der Waals surface area contributed by atoms with Crippen molar-refractivity contribution < 1.29 is 9.53 Å². The minimum atomic E-state index is -0.286. The van der Waals surface area contributed by atoms with E-state index < -0.39 is 0 Å². The zero-order chi connectivity index (χ0) is 21.1. The van der Waals surface area contributed by atoms with Gasteiger partial charge in [0.15, 0.2) is 15.5 Å². The van der Waals surface area contributed by atoms with Crippen LogP contribution >= 0.6 is 11.3 Å². The monoisotopic (exact) mass is 427 g/mol. The quantitative estimate of drug-likeness (QED) is 0.621. The molecule has 0 spiro atoms. The van der Waals surface area contributed by atoms with Crippen molar-refractivity contribution in [2.24, 2.45) is 0 Å². The average Bonchev–Trinajstić information content (AvgIpc) is 3.40. The van der Waals surface area contributed by atoms with Gasteiger partial charge in [0.1, 0.15) is 11.9 Å². The normalized spacial score (nSPS) is 16.3. The zero-order valence-electron chi connectivity index (χ0n) is 17.1. The fraction of sp³-hybridized carbons (Fsp3) is 0.429. The van der Waals surface area contributed by atoms with Gasteiger partial charge in [0.2, 0.25) is 5.91 Å². The highest BCUT2D eigenvalue weighted by Crippen LogP contribution is 2.31. The van der Waals surface area contributed by atoms with Crippen molar-refractivity contribution in [2.75, 3.05) is 25.2 Å². The number of ether oxygens (including phenoxy) is 1. The van der Waals surface area contributed by atoms with Crippen LogP contribution in [-0.4, -0.2) is 46.7 Å². The van der Waals surface area contributed by atoms with Crippen molar-refractivity contribution in [3.05, 3.63) is 52.1 Å². The molecule has 0 aliphatic carbocycles. The van der Waals surface area contributed by atoms with Crippen molar-refractivity contribution in [3.8, 4) is 0 Å². The molecule has 1 amide bonds. The van der Waals surface area contributed by atoms with Gasteiger partial charge in [-0.05, 0) is 25.3 Å². The van der Waals surface area contributed by atoms with E-state index in [0.717, 1.165) is 24.9 Å². The summed E-state index contributed by atoms with van der Waals surface area (Å²) in [5, 5.41) is 3.70. The minimum absolute atomic E-state index is 0.0164. The van der Waals surface area contributed by atoms with E-state index in [0.29, 0.717) is 41.0 Å². The number of methoxy groups -OCH3 is 1. The Morgan fingerprint density at radius 2 is 2.10 bits per heavy atom. The van der Waals surface area contributed by atoms with Gasteiger partial charge in [0, 0.05) is 20.2 Å². The number of amides is 1. The predicted molar refractivity (Wildman–Crippen MR) is 117 cm³/mol. The molecular formula is C21H25N5O3S. The van der Waals surface area contributed by atoms with Crippen molar-refractivity contribution in [3.63, 3.8) is 0 Å². The summed E-state index contributed by atoms with van der Waals surface area (Å²) in [6, 6.07) is 9.56. The number of fused-ring (bicyclic) bond motifs is 1. The number of anilines is 1. The predicted octanol–water partition coefficient (Wildman–Crippen LogP) is 2.09. The van der Waals surface area contributed by atoms with Gasteiger partial charge in [-0.15, -0.1) is 0 Å². The van der Waals surface area contributed by atoms with Crippen molar-refractivity contribution >= 4 is 32.7 Å². The molecule has 1 saturated heterocycles. The number of benzene rings is 1. The SMILES string of the molecule is COCCn1c(C)nc2sc(N3CCC[C@@H]3C(=O)NCc3ccccc3)nc2c1=O. The summed E-state index contributed by atoms with van der Waals surface area (Å²) in [5.74, 6) is 0.621. The van der Waals surface area contributed by atoms with Crippen LogP contribution in [0, 0.1) is 6.92 Å². The summed E-state index contributed by atoms with van der Waals surface area (Å²) in [5.41, 5.74) is 1.25. The van der Waals surface area contributed by atoms with E-state index in [1.165, 1.54) is 11.3 Å². The van der Waals surface area contributed by atoms with Crippen LogP contribution in [0.2, 0.25) is 0 Å². The standard InChI is InChI=1S/C21H25N5O3S/c1-14-23-19-17(20(28)25(14)11-12-29-2)24-21(30-19)26-10-6-9-16(26)18(27)22-13-15-7-4-3-5-8-15/h3-5,7-8,16H,6,9-13H2,1-2H3,(H,22,27)/t16-/m1/s1. The number of carbonyl (C=O) groups is 1. The van der Waals surface area contributed by atoms with Crippen LogP contribution in [0.1, 0.15) is 24.2 Å². The van der Waals surface area contributed by atoms with Crippen molar-refractivity contribution in [1.29, 1.82) is 0 Å². The van der Waals surface area contributed by atoms with E-state index in [9.17, 15) is 9.59 Å². The second kappa shape index (κ2) is 8.93. The Morgan fingerprint density at radius 1 is 1.30 bits per heavy atom. The summed E-state index contributed by atoms with van der Waals surface area (Å²) in [7, 11) is 1.60. The molecule has 0 bridgehead atoms. The maximum Gasteiger partial charge on any atom is 0.281 e. The first-order valence-electron chi connectivity index (χ1n) is 10.0. The van der Waals surface area contributed by atoms with E-state index in [-0.39, 0.29) is 17.5 Å². The largest absolute Gasteiger partial charge is 0.383 e. The third-order valence-corrected chi connectivity index (χ3v) is 6.32. The summed E-state index contributed by atoms with van der Waals surface area (Å²) >= 11 is 1.37. The Bertz CT molecular complexity index is 1100. The maximum absolute atomic E-state index is 12.9. The first-order valence-corrected chi connectivity index (χ1v) is 10.9. The lowest BCUT2D eigenvalue weighted by atomic mass is 10.2. The van der Waals surface area contributed by atoms with E-state index in [2.05, 4.69) is 15.3 Å². The van der Waals surface area contributed by atoms with E-state index >= 15 is 0 Å². The van der Waals surface area contributed by atoms with Gasteiger partial charge in [-0.25, -0.2) is 9.97 Å². The van der Waals surface area contributed by atoms with Gasteiger partial charge in [0.05, 0.1) is 13.2 Å². The number of aryl methyl sites for hydroxylation is 1. The van der Waals surface area contributed by atoms with Gasteiger partial charge in [-0.3, -0.25) is 14.2 Å². The minimum Gasteiger partial charge on any atom is -0.383 e. The summed E-state index contributed by atoms with van der Waals surface area (Å²) in [6.45, 7) is 3.91. The van der Waals surface area contributed by atoms with E-state index in [1.807, 2.05) is 42.2 Å². The van der Waals surface area contributed by atoms with Crippen LogP contribution in [0.3, 0.4) is 0 Å². The lowest BCUT2D eigenvalue weighted by Gasteiger charge is -2.23. The summed E-state index contributed by atoms with van der Waals surface area (Å²) in [4.78, 5) is 37.5. The van der Waals surface area contributed by atoms with Crippen LogP contribution < -0.4 is 15.8 Å². The molecule has 158 valence electrons. The smallest absolute Gasteiger partial charge is 0.281 e. The Morgan fingerprint density at radius 3 is 2.87 bits per heavy atom. The van der Waals surface area contributed by atoms with Crippen LogP contribution in [0.15, 0.2) is 35.1 Å². The van der Waals surface area contributed by atoms with Crippen LogP contribution in [0.25, 0.3) is 10.3 Å². The molecule has 1 aromatic carbocycles. The third kappa shape index (κ3) is 4.08. The molecular weight excluding hydrogens is 402 g/mol. The molecule has 1 atom stereocenters. The fourth-order valence-electron chi connectivity index (χ4n) is 3.74. The Hall–Kier alpha value is -2.78. The first kappa shape index (κ1) is 20.5. The Balaban J connectivity index is 1.55. The molecule has 3 heterocycles. The molecule has 1 aliphatic heterocycles. The Kier molecular flexibility index (Phi) is 6.10. The summed E-state index contributed by atoms with van der Waals surface area (Å²) in [6.07, 6.45) is 1.67. The molecule has 3 aromatic rings. The molecule has 2 aromatic heterocycles. The highest BCUT2D eigenvalue weighted by Gasteiger charge is 2.33. The molecule has 1 fully saturated rings.